The summed E-state index contributed by atoms with van der Waals surface area (Å²) in [6.45, 7) is 0. The average molecular weight is 341 g/mol. The summed E-state index contributed by atoms with van der Waals surface area (Å²) in [5, 5.41) is 0.733. The highest BCUT2D eigenvalue weighted by Gasteiger charge is 2.15. The Labute approximate surface area is 126 Å². The first-order chi connectivity index (χ1) is 9.11. The zero-order valence-corrected chi connectivity index (χ0v) is 12.6. The van der Waals surface area contributed by atoms with E-state index in [0.717, 1.165) is 20.6 Å². The van der Waals surface area contributed by atoms with Crippen molar-refractivity contribution in [1.82, 2.24) is 5.43 Å². The molecule has 2 aromatic carbocycles. The molecule has 0 heterocycles. The average Bonchev–Trinajstić information content (AvgIpc) is 2.41. The SMILES string of the molecule is NNC(Cc1ccccc1Cl)c1cc(Br)ccc1N. The van der Waals surface area contributed by atoms with Crippen LogP contribution in [0.5, 0.6) is 0 Å². The van der Waals surface area contributed by atoms with Gasteiger partial charge in [0.15, 0.2) is 0 Å². The minimum atomic E-state index is -0.0857. The second kappa shape index (κ2) is 6.39. The van der Waals surface area contributed by atoms with Crippen molar-refractivity contribution in [2.75, 3.05) is 5.73 Å². The van der Waals surface area contributed by atoms with Crippen molar-refractivity contribution in [3.8, 4) is 0 Å². The third-order valence-corrected chi connectivity index (χ3v) is 3.87. The molecule has 0 aliphatic rings. The van der Waals surface area contributed by atoms with Crippen LogP contribution in [0.4, 0.5) is 5.69 Å². The zero-order chi connectivity index (χ0) is 13.8. The van der Waals surface area contributed by atoms with Gasteiger partial charge in [-0.3, -0.25) is 11.3 Å². The summed E-state index contributed by atoms with van der Waals surface area (Å²) >= 11 is 9.62. The Hall–Kier alpha value is -1.07. The number of nitrogens with two attached hydrogens (primary N) is 2. The number of hydrazine groups is 1. The molecule has 0 saturated carbocycles. The van der Waals surface area contributed by atoms with Crippen LogP contribution in [-0.4, -0.2) is 0 Å². The fourth-order valence-electron chi connectivity index (χ4n) is 1.99. The summed E-state index contributed by atoms with van der Waals surface area (Å²) < 4.78 is 0.969. The molecule has 0 amide bonds. The van der Waals surface area contributed by atoms with E-state index in [1.165, 1.54) is 0 Å². The highest BCUT2D eigenvalue weighted by atomic mass is 79.9. The lowest BCUT2D eigenvalue weighted by Gasteiger charge is -2.19. The molecule has 3 nitrogen and oxygen atoms in total. The van der Waals surface area contributed by atoms with Gasteiger partial charge in [-0.05, 0) is 41.8 Å². The summed E-state index contributed by atoms with van der Waals surface area (Å²) in [5.74, 6) is 5.66. The number of nitrogen functional groups attached to an aromatic ring is 1. The van der Waals surface area contributed by atoms with Crippen LogP contribution in [0.15, 0.2) is 46.9 Å². The van der Waals surface area contributed by atoms with Crippen LogP contribution in [-0.2, 0) is 6.42 Å². The van der Waals surface area contributed by atoms with Crippen molar-refractivity contribution in [3.05, 3.63) is 63.1 Å². The fraction of sp³-hybridized carbons (Fsp3) is 0.143. The van der Waals surface area contributed by atoms with Crippen LogP contribution < -0.4 is 17.0 Å². The van der Waals surface area contributed by atoms with Gasteiger partial charge in [0.05, 0.1) is 6.04 Å². The van der Waals surface area contributed by atoms with E-state index in [-0.39, 0.29) is 6.04 Å². The van der Waals surface area contributed by atoms with Crippen molar-refractivity contribution >= 4 is 33.2 Å². The van der Waals surface area contributed by atoms with Gasteiger partial charge in [0.1, 0.15) is 0 Å². The molecule has 1 unspecified atom stereocenters. The number of nitrogens with one attached hydrogen (secondary N) is 1. The highest BCUT2D eigenvalue weighted by Crippen LogP contribution is 2.28. The van der Waals surface area contributed by atoms with Crippen LogP contribution in [0, 0.1) is 0 Å². The Morgan fingerprint density at radius 3 is 2.63 bits per heavy atom. The molecular weight excluding hydrogens is 326 g/mol. The van der Waals surface area contributed by atoms with Crippen LogP contribution in [0.3, 0.4) is 0 Å². The van der Waals surface area contributed by atoms with Gasteiger partial charge in [0.2, 0.25) is 0 Å². The Morgan fingerprint density at radius 1 is 1.21 bits per heavy atom. The highest BCUT2D eigenvalue weighted by molar-refractivity contribution is 9.10. The molecule has 0 spiro atoms. The minimum absolute atomic E-state index is 0.0857. The number of rotatable bonds is 4. The predicted octanol–water partition coefficient (Wildman–Crippen LogP) is 3.43. The molecule has 100 valence electrons. The van der Waals surface area contributed by atoms with Crippen molar-refractivity contribution in [1.29, 1.82) is 0 Å². The molecule has 0 bridgehead atoms. The monoisotopic (exact) mass is 339 g/mol. The Morgan fingerprint density at radius 2 is 1.95 bits per heavy atom. The number of anilines is 1. The van der Waals surface area contributed by atoms with Crippen LogP contribution in [0.25, 0.3) is 0 Å². The van der Waals surface area contributed by atoms with E-state index in [2.05, 4.69) is 21.4 Å². The second-order valence-corrected chi connectivity index (χ2v) is 5.61. The molecule has 0 radical (unpaired) electrons. The Bertz CT molecular complexity index is 574. The summed E-state index contributed by atoms with van der Waals surface area (Å²) in [7, 11) is 0. The molecular formula is C14H15BrClN3. The maximum Gasteiger partial charge on any atom is 0.0521 e. The summed E-state index contributed by atoms with van der Waals surface area (Å²) in [6, 6.07) is 13.4. The van der Waals surface area contributed by atoms with Gasteiger partial charge in [-0.2, -0.15) is 0 Å². The van der Waals surface area contributed by atoms with E-state index in [1.54, 1.807) is 0 Å². The largest absolute Gasteiger partial charge is 0.398 e. The van der Waals surface area contributed by atoms with E-state index < -0.39 is 0 Å². The van der Waals surface area contributed by atoms with Gasteiger partial charge >= 0.3 is 0 Å². The topological polar surface area (TPSA) is 64.1 Å². The second-order valence-electron chi connectivity index (χ2n) is 4.29. The number of benzene rings is 2. The molecule has 0 aromatic heterocycles. The molecule has 0 aliphatic carbocycles. The molecule has 0 saturated heterocycles. The molecule has 5 N–H and O–H groups in total. The minimum Gasteiger partial charge on any atom is -0.398 e. The van der Waals surface area contributed by atoms with Gasteiger partial charge < -0.3 is 5.73 Å². The van der Waals surface area contributed by atoms with E-state index in [1.807, 2.05) is 42.5 Å². The van der Waals surface area contributed by atoms with E-state index in [0.29, 0.717) is 12.1 Å². The molecule has 2 aromatic rings. The number of hydrogen-bond acceptors (Lipinski definition) is 3. The van der Waals surface area contributed by atoms with Gasteiger partial charge in [0, 0.05) is 15.2 Å². The van der Waals surface area contributed by atoms with Crippen molar-refractivity contribution in [2.45, 2.75) is 12.5 Å². The predicted molar refractivity (Wildman–Crippen MR) is 83.8 cm³/mol. The van der Waals surface area contributed by atoms with Crippen LogP contribution in [0.1, 0.15) is 17.2 Å². The molecule has 2 rings (SSSR count). The first-order valence-corrected chi connectivity index (χ1v) is 7.03. The van der Waals surface area contributed by atoms with Crippen molar-refractivity contribution < 1.29 is 0 Å². The van der Waals surface area contributed by atoms with Crippen LogP contribution in [0.2, 0.25) is 5.02 Å². The summed E-state index contributed by atoms with van der Waals surface area (Å²) in [6.07, 6.45) is 0.677. The normalized spacial score (nSPS) is 12.4. The number of hydrogen-bond donors (Lipinski definition) is 3. The van der Waals surface area contributed by atoms with Crippen LogP contribution >= 0.6 is 27.5 Å². The molecule has 0 fully saturated rings. The zero-order valence-electron chi connectivity index (χ0n) is 10.2. The fourth-order valence-corrected chi connectivity index (χ4v) is 2.58. The van der Waals surface area contributed by atoms with Gasteiger partial charge in [-0.15, -0.1) is 0 Å². The van der Waals surface area contributed by atoms with Gasteiger partial charge in [-0.1, -0.05) is 45.7 Å². The van der Waals surface area contributed by atoms with E-state index in [9.17, 15) is 0 Å². The van der Waals surface area contributed by atoms with Gasteiger partial charge in [-0.25, -0.2) is 0 Å². The summed E-state index contributed by atoms with van der Waals surface area (Å²) in [4.78, 5) is 0. The molecule has 1 atom stereocenters. The lowest BCUT2D eigenvalue weighted by molar-refractivity contribution is 0.553. The number of halogens is 2. The van der Waals surface area contributed by atoms with Crippen molar-refractivity contribution in [2.24, 2.45) is 5.84 Å². The quantitative estimate of drug-likeness (QED) is 0.454. The molecule has 19 heavy (non-hydrogen) atoms. The Balaban J connectivity index is 2.30. The van der Waals surface area contributed by atoms with E-state index >= 15 is 0 Å². The maximum absolute atomic E-state index is 6.17. The third kappa shape index (κ3) is 3.48. The molecule has 5 heteroatoms. The standard InChI is InChI=1S/C14H15BrClN3/c15-10-5-6-13(17)11(8-10)14(19-18)7-9-3-1-2-4-12(9)16/h1-6,8,14,19H,7,17-18H2. The lowest BCUT2D eigenvalue weighted by Crippen LogP contribution is -2.30. The summed E-state index contributed by atoms with van der Waals surface area (Å²) in [5.41, 5.74) is 11.5. The van der Waals surface area contributed by atoms with E-state index in [4.69, 9.17) is 23.2 Å². The molecule has 0 aliphatic heterocycles. The first-order valence-electron chi connectivity index (χ1n) is 5.86. The maximum atomic E-state index is 6.17. The Kier molecular flexibility index (Phi) is 4.82. The van der Waals surface area contributed by atoms with Crippen molar-refractivity contribution in [3.63, 3.8) is 0 Å². The smallest absolute Gasteiger partial charge is 0.0521 e. The third-order valence-electron chi connectivity index (χ3n) is 3.01. The van der Waals surface area contributed by atoms with Gasteiger partial charge in [0.25, 0.3) is 0 Å². The lowest BCUT2D eigenvalue weighted by atomic mass is 9.98. The first kappa shape index (κ1) is 14.3.